The Kier molecular flexibility index (Phi) is 7.87. The van der Waals surface area contributed by atoms with Gasteiger partial charge in [-0.2, -0.15) is 0 Å². The maximum Gasteiger partial charge on any atom is 0.220 e. The van der Waals surface area contributed by atoms with Gasteiger partial charge in [-0.1, -0.05) is 18.2 Å². The Labute approximate surface area is 183 Å². The van der Waals surface area contributed by atoms with Gasteiger partial charge in [-0.3, -0.25) is 9.78 Å². The van der Waals surface area contributed by atoms with Crippen LogP contribution in [0.25, 0.3) is 0 Å². The van der Waals surface area contributed by atoms with Crippen molar-refractivity contribution in [2.75, 3.05) is 14.2 Å². The maximum atomic E-state index is 12.4. The zero-order valence-electron chi connectivity index (χ0n) is 18.1. The van der Waals surface area contributed by atoms with Crippen LogP contribution in [0.1, 0.15) is 36.1 Å². The summed E-state index contributed by atoms with van der Waals surface area (Å²) in [5.74, 6) is 2.20. The fourth-order valence-electron chi connectivity index (χ4n) is 3.17. The van der Waals surface area contributed by atoms with Crippen molar-refractivity contribution in [3.05, 3.63) is 83.7 Å². The normalized spacial score (nSPS) is 11.5. The Morgan fingerprint density at radius 3 is 2.29 bits per heavy atom. The average molecular weight is 421 g/mol. The molecule has 1 unspecified atom stereocenters. The van der Waals surface area contributed by atoms with Crippen LogP contribution in [-0.4, -0.2) is 25.1 Å². The van der Waals surface area contributed by atoms with Crippen molar-refractivity contribution in [1.82, 2.24) is 10.3 Å². The average Bonchev–Trinajstić information content (AvgIpc) is 2.82. The van der Waals surface area contributed by atoms with Crippen molar-refractivity contribution >= 4 is 5.91 Å². The number of methoxy groups -OCH3 is 2. The minimum Gasteiger partial charge on any atom is -0.497 e. The first-order valence-electron chi connectivity index (χ1n) is 10.2. The van der Waals surface area contributed by atoms with Crippen molar-refractivity contribution in [1.29, 1.82) is 0 Å². The molecular formula is C25H28N2O4. The minimum absolute atomic E-state index is 0.00816. The number of aromatic nitrogens is 1. The number of ether oxygens (including phenoxy) is 3. The van der Waals surface area contributed by atoms with Crippen LogP contribution in [0.3, 0.4) is 0 Å². The summed E-state index contributed by atoms with van der Waals surface area (Å²) in [6.07, 6.45) is 4.51. The fraction of sp³-hybridized carbons (Fsp3) is 0.280. The molecule has 3 rings (SSSR count). The first-order chi connectivity index (χ1) is 15.1. The van der Waals surface area contributed by atoms with Crippen LogP contribution in [0.4, 0.5) is 0 Å². The van der Waals surface area contributed by atoms with E-state index in [2.05, 4.69) is 10.3 Å². The molecule has 0 aliphatic heterocycles. The predicted molar refractivity (Wildman–Crippen MR) is 119 cm³/mol. The van der Waals surface area contributed by atoms with Crippen LogP contribution in [0, 0.1) is 0 Å². The summed E-state index contributed by atoms with van der Waals surface area (Å²) in [5, 5.41) is 3.05. The summed E-state index contributed by atoms with van der Waals surface area (Å²) in [7, 11) is 3.23. The van der Waals surface area contributed by atoms with Crippen molar-refractivity contribution in [3.8, 4) is 17.2 Å². The molecule has 0 fully saturated rings. The quantitative estimate of drug-likeness (QED) is 0.523. The summed E-state index contributed by atoms with van der Waals surface area (Å²) in [6.45, 7) is 2.44. The summed E-state index contributed by atoms with van der Waals surface area (Å²) in [6, 6.07) is 17.2. The molecule has 0 aliphatic carbocycles. The number of benzene rings is 2. The molecule has 0 saturated carbocycles. The lowest BCUT2D eigenvalue weighted by Gasteiger charge is -2.15. The largest absolute Gasteiger partial charge is 0.497 e. The van der Waals surface area contributed by atoms with Gasteiger partial charge >= 0.3 is 0 Å². The smallest absolute Gasteiger partial charge is 0.220 e. The Hall–Kier alpha value is -3.54. The summed E-state index contributed by atoms with van der Waals surface area (Å²) in [5.41, 5.74) is 3.03. The number of nitrogens with zero attached hydrogens (tertiary/aromatic N) is 1. The highest BCUT2D eigenvalue weighted by Crippen LogP contribution is 2.23. The van der Waals surface area contributed by atoms with E-state index >= 15 is 0 Å². The van der Waals surface area contributed by atoms with E-state index in [1.54, 1.807) is 26.6 Å². The maximum absolute atomic E-state index is 12.4. The number of aryl methyl sites for hydroxylation is 1. The first kappa shape index (κ1) is 22.2. The molecule has 0 aliphatic rings. The van der Waals surface area contributed by atoms with Crippen molar-refractivity contribution in [3.63, 3.8) is 0 Å². The molecule has 3 aromatic rings. The number of carbonyl (C=O) groups excluding carboxylic acids is 1. The molecule has 1 amide bonds. The Balaban J connectivity index is 1.49. The molecule has 31 heavy (non-hydrogen) atoms. The van der Waals surface area contributed by atoms with E-state index in [0.29, 0.717) is 30.9 Å². The van der Waals surface area contributed by atoms with E-state index < -0.39 is 0 Å². The zero-order valence-corrected chi connectivity index (χ0v) is 18.1. The van der Waals surface area contributed by atoms with E-state index in [1.807, 2.05) is 61.5 Å². The number of rotatable bonds is 10. The molecule has 162 valence electrons. The Morgan fingerprint density at radius 2 is 1.68 bits per heavy atom. The second-order valence-electron chi connectivity index (χ2n) is 7.23. The monoisotopic (exact) mass is 420 g/mol. The number of hydrogen-bond donors (Lipinski definition) is 1. The van der Waals surface area contributed by atoms with E-state index in [1.165, 1.54) is 0 Å². The van der Waals surface area contributed by atoms with Gasteiger partial charge < -0.3 is 19.5 Å². The lowest BCUT2D eigenvalue weighted by Crippen LogP contribution is -2.26. The molecule has 0 bridgehead atoms. The molecule has 0 saturated heterocycles. The van der Waals surface area contributed by atoms with Gasteiger partial charge in [-0.15, -0.1) is 0 Å². The Morgan fingerprint density at radius 1 is 0.968 bits per heavy atom. The number of amides is 1. The number of carbonyl (C=O) groups is 1. The molecule has 1 aromatic heterocycles. The molecule has 2 aromatic carbocycles. The third-order valence-corrected chi connectivity index (χ3v) is 4.94. The highest BCUT2D eigenvalue weighted by atomic mass is 16.5. The molecule has 1 heterocycles. The van der Waals surface area contributed by atoms with E-state index in [9.17, 15) is 4.79 Å². The van der Waals surface area contributed by atoms with Crippen LogP contribution in [0.2, 0.25) is 0 Å². The van der Waals surface area contributed by atoms with Crippen molar-refractivity contribution in [2.24, 2.45) is 0 Å². The van der Waals surface area contributed by atoms with Gasteiger partial charge in [0.1, 0.15) is 23.9 Å². The van der Waals surface area contributed by atoms with Gasteiger partial charge in [-0.25, -0.2) is 0 Å². The first-order valence-corrected chi connectivity index (χ1v) is 10.2. The minimum atomic E-state index is -0.0975. The lowest BCUT2D eigenvalue weighted by molar-refractivity contribution is -0.121. The molecule has 0 spiro atoms. The SMILES string of the molecule is COc1cc(CCC(=O)NC(C)c2ccc(OCc3cccnc3)cc2)cc(OC)c1. The molecule has 6 heteroatoms. The van der Waals surface area contributed by atoms with Crippen molar-refractivity contribution < 1.29 is 19.0 Å². The van der Waals surface area contributed by atoms with Gasteiger partial charge in [0.25, 0.3) is 0 Å². The van der Waals surface area contributed by atoms with Gasteiger partial charge in [0, 0.05) is 30.4 Å². The molecule has 1 N–H and O–H groups in total. The number of pyridine rings is 1. The summed E-state index contributed by atoms with van der Waals surface area (Å²) < 4.78 is 16.4. The van der Waals surface area contributed by atoms with E-state index in [4.69, 9.17) is 14.2 Å². The van der Waals surface area contributed by atoms with E-state index in [0.717, 1.165) is 22.4 Å². The van der Waals surface area contributed by atoms with Crippen molar-refractivity contribution in [2.45, 2.75) is 32.4 Å². The molecule has 1 atom stereocenters. The van der Waals surface area contributed by atoms with Crippen LogP contribution in [-0.2, 0) is 17.8 Å². The second-order valence-corrected chi connectivity index (χ2v) is 7.23. The van der Waals surface area contributed by atoms with Crippen LogP contribution in [0.15, 0.2) is 67.0 Å². The molecule has 0 radical (unpaired) electrons. The third-order valence-electron chi connectivity index (χ3n) is 4.94. The lowest BCUT2D eigenvalue weighted by atomic mass is 10.1. The predicted octanol–water partition coefficient (Wildman–Crippen LogP) is 4.49. The topological polar surface area (TPSA) is 69.7 Å². The second kappa shape index (κ2) is 11.0. The number of hydrogen-bond acceptors (Lipinski definition) is 5. The van der Waals surface area contributed by atoms with Crippen LogP contribution < -0.4 is 19.5 Å². The summed E-state index contributed by atoms with van der Waals surface area (Å²) in [4.78, 5) is 16.5. The van der Waals surface area contributed by atoms with Gasteiger partial charge in [0.2, 0.25) is 5.91 Å². The van der Waals surface area contributed by atoms with Crippen LogP contribution in [0.5, 0.6) is 17.2 Å². The zero-order chi connectivity index (χ0) is 22.1. The fourth-order valence-corrected chi connectivity index (χ4v) is 3.17. The standard InChI is InChI=1S/C25H28N2O4/c1-18(21-7-9-22(10-8-21)31-17-20-5-4-12-26-16-20)27-25(28)11-6-19-13-23(29-2)15-24(14-19)30-3/h4-5,7-10,12-16,18H,6,11,17H2,1-3H3,(H,27,28). The van der Waals surface area contributed by atoms with Crippen LogP contribution >= 0.6 is 0 Å². The molecular weight excluding hydrogens is 392 g/mol. The summed E-state index contributed by atoms with van der Waals surface area (Å²) >= 11 is 0. The highest BCUT2D eigenvalue weighted by Gasteiger charge is 2.11. The third kappa shape index (κ3) is 6.74. The Bertz CT molecular complexity index is 952. The number of nitrogens with one attached hydrogen (secondary N) is 1. The molecule has 6 nitrogen and oxygen atoms in total. The van der Waals surface area contributed by atoms with Gasteiger partial charge in [0.15, 0.2) is 0 Å². The van der Waals surface area contributed by atoms with Gasteiger partial charge in [0.05, 0.1) is 20.3 Å². The highest BCUT2D eigenvalue weighted by molar-refractivity contribution is 5.76. The van der Waals surface area contributed by atoms with E-state index in [-0.39, 0.29) is 11.9 Å². The van der Waals surface area contributed by atoms with Gasteiger partial charge in [-0.05, 0) is 54.8 Å².